The summed E-state index contributed by atoms with van der Waals surface area (Å²) in [5, 5.41) is 18.0. The molecular weight excluding hydrogens is 226 g/mol. The van der Waals surface area contributed by atoms with E-state index in [2.05, 4.69) is 0 Å². The molecule has 0 radical (unpaired) electrons. The fourth-order valence-corrected chi connectivity index (χ4v) is 1.36. The Balaban J connectivity index is 3.68. The molecule has 0 aromatic rings. The summed E-state index contributed by atoms with van der Waals surface area (Å²) in [5.74, 6) is -1.40. The molecule has 2 N–H and O–H groups in total. The number of aliphatic hydroxyl groups is 1. The highest BCUT2D eigenvalue weighted by atomic mass is 16.5. The number of hydrogen-bond donors (Lipinski definition) is 2. The second-order valence-electron chi connectivity index (χ2n) is 5.05. The SMILES string of the molecule is C[N+](C)(C)C[C@@H](O)CC(=O)OCCCC(=O)O. The van der Waals surface area contributed by atoms with Crippen LogP contribution < -0.4 is 0 Å². The van der Waals surface area contributed by atoms with Crippen LogP contribution >= 0.6 is 0 Å². The van der Waals surface area contributed by atoms with Crippen LogP contribution in [0, 0.1) is 0 Å². The molecule has 0 saturated heterocycles. The molecule has 6 nitrogen and oxygen atoms in total. The molecule has 0 amide bonds. The Morgan fingerprint density at radius 1 is 1.29 bits per heavy atom. The number of esters is 1. The summed E-state index contributed by atoms with van der Waals surface area (Å²) in [7, 11) is 5.75. The summed E-state index contributed by atoms with van der Waals surface area (Å²) in [5.41, 5.74) is 0. The average molecular weight is 248 g/mol. The lowest BCUT2D eigenvalue weighted by atomic mass is 10.2. The smallest absolute Gasteiger partial charge is 0.308 e. The number of aliphatic carboxylic acids is 1. The molecule has 6 heteroatoms. The van der Waals surface area contributed by atoms with Crippen LogP contribution in [0.25, 0.3) is 0 Å². The van der Waals surface area contributed by atoms with Gasteiger partial charge in [-0.3, -0.25) is 9.59 Å². The molecule has 0 aliphatic carbocycles. The molecule has 0 aliphatic heterocycles. The number of aliphatic hydroxyl groups excluding tert-OH is 1. The molecule has 0 aromatic carbocycles. The van der Waals surface area contributed by atoms with Crippen molar-refractivity contribution in [2.24, 2.45) is 0 Å². The Hall–Kier alpha value is -1.14. The Kier molecular flexibility index (Phi) is 6.75. The van der Waals surface area contributed by atoms with E-state index in [1.165, 1.54) is 0 Å². The van der Waals surface area contributed by atoms with Crippen LogP contribution in [0.15, 0.2) is 0 Å². The van der Waals surface area contributed by atoms with E-state index in [1.807, 2.05) is 21.1 Å². The maximum atomic E-state index is 11.2. The minimum atomic E-state index is -0.911. The molecule has 0 aliphatic rings. The van der Waals surface area contributed by atoms with E-state index >= 15 is 0 Å². The second-order valence-corrected chi connectivity index (χ2v) is 5.05. The molecule has 0 unspecified atom stereocenters. The highest BCUT2D eigenvalue weighted by molar-refractivity contribution is 5.70. The molecular formula is C11H22NO5+. The lowest BCUT2D eigenvalue weighted by Gasteiger charge is -2.26. The van der Waals surface area contributed by atoms with Crippen molar-refractivity contribution in [3.8, 4) is 0 Å². The standard InChI is InChI=1S/C11H21NO5/c1-12(2,3)8-9(13)7-11(16)17-6-4-5-10(14)15/h9,13H,4-8H2,1-3H3/p+1/t9-/m0/s1. The van der Waals surface area contributed by atoms with Crippen molar-refractivity contribution in [3.63, 3.8) is 0 Å². The van der Waals surface area contributed by atoms with Crippen molar-refractivity contribution in [1.82, 2.24) is 0 Å². The average Bonchev–Trinajstić information content (AvgIpc) is 2.08. The van der Waals surface area contributed by atoms with Crippen molar-refractivity contribution in [1.29, 1.82) is 0 Å². The lowest BCUT2D eigenvalue weighted by Crippen LogP contribution is -2.42. The maximum absolute atomic E-state index is 11.2. The minimum absolute atomic E-state index is 0.0191. The fourth-order valence-electron chi connectivity index (χ4n) is 1.36. The summed E-state index contributed by atoms with van der Waals surface area (Å²) in [6.45, 7) is 0.548. The van der Waals surface area contributed by atoms with Gasteiger partial charge in [0.15, 0.2) is 0 Å². The van der Waals surface area contributed by atoms with E-state index in [4.69, 9.17) is 9.84 Å². The van der Waals surface area contributed by atoms with E-state index in [-0.39, 0.29) is 19.4 Å². The quantitative estimate of drug-likeness (QED) is 0.354. The first-order chi connectivity index (χ1) is 7.70. The minimum Gasteiger partial charge on any atom is -0.481 e. The van der Waals surface area contributed by atoms with Crippen molar-refractivity contribution in [2.45, 2.75) is 25.4 Å². The van der Waals surface area contributed by atoms with Crippen LogP contribution in [0.4, 0.5) is 0 Å². The van der Waals surface area contributed by atoms with Crippen LogP contribution in [0.5, 0.6) is 0 Å². The highest BCUT2D eigenvalue weighted by Gasteiger charge is 2.19. The number of carboxylic acid groups (broad SMARTS) is 1. The number of carboxylic acids is 1. The van der Waals surface area contributed by atoms with Crippen molar-refractivity contribution >= 4 is 11.9 Å². The molecule has 0 spiro atoms. The Morgan fingerprint density at radius 2 is 1.88 bits per heavy atom. The van der Waals surface area contributed by atoms with E-state index in [0.29, 0.717) is 17.4 Å². The molecule has 0 saturated carbocycles. The first-order valence-electron chi connectivity index (χ1n) is 5.56. The molecule has 17 heavy (non-hydrogen) atoms. The van der Waals surface area contributed by atoms with Gasteiger partial charge in [0, 0.05) is 6.42 Å². The largest absolute Gasteiger partial charge is 0.481 e. The number of carbonyl (C=O) groups excluding carboxylic acids is 1. The molecule has 0 heterocycles. The molecule has 1 atom stereocenters. The van der Waals surface area contributed by atoms with Gasteiger partial charge in [0.05, 0.1) is 34.2 Å². The number of nitrogens with zero attached hydrogens (tertiary/aromatic N) is 1. The van der Waals surface area contributed by atoms with Gasteiger partial charge in [-0.1, -0.05) is 0 Å². The van der Waals surface area contributed by atoms with Crippen LogP contribution in [0.2, 0.25) is 0 Å². The summed E-state index contributed by atoms with van der Waals surface area (Å²) in [4.78, 5) is 21.4. The predicted molar refractivity (Wildman–Crippen MR) is 61.4 cm³/mol. The summed E-state index contributed by atoms with van der Waals surface area (Å²) >= 11 is 0. The Morgan fingerprint density at radius 3 is 2.35 bits per heavy atom. The normalized spacial score (nSPS) is 13.2. The van der Waals surface area contributed by atoms with Gasteiger partial charge >= 0.3 is 11.9 Å². The van der Waals surface area contributed by atoms with Crippen LogP contribution in [0.3, 0.4) is 0 Å². The first-order valence-corrected chi connectivity index (χ1v) is 5.56. The zero-order valence-corrected chi connectivity index (χ0v) is 10.7. The lowest BCUT2D eigenvalue weighted by molar-refractivity contribution is -0.873. The molecule has 100 valence electrons. The Bertz CT molecular complexity index is 259. The monoisotopic (exact) mass is 248 g/mol. The molecule has 0 fully saturated rings. The molecule has 0 aromatic heterocycles. The van der Waals surface area contributed by atoms with Gasteiger partial charge in [-0.15, -0.1) is 0 Å². The van der Waals surface area contributed by atoms with Gasteiger partial charge in [-0.25, -0.2) is 0 Å². The summed E-state index contributed by atoms with van der Waals surface area (Å²) in [6.07, 6.45) is -0.508. The summed E-state index contributed by atoms with van der Waals surface area (Å²) in [6, 6.07) is 0. The van der Waals surface area contributed by atoms with E-state index < -0.39 is 18.0 Å². The van der Waals surface area contributed by atoms with E-state index in [9.17, 15) is 14.7 Å². The maximum Gasteiger partial charge on any atom is 0.308 e. The number of quaternary nitrogens is 1. The number of likely N-dealkylation sites (N-methyl/N-ethyl adjacent to an activating group) is 1. The third-order valence-electron chi connectivity index (χ3n) is 1.96. The van der Waals surface area contributed by atoms with Gasteiger partial charge in [0.25, 0.3) is 0 Å². The topological polar surface area (TPSA) is 83.8 Å². The van der Waals surface area contributed by atoms with Gasteiger partial charge in [-0.2, -0.15) is 0 Å². The van der Waals surface area contributed by atoms with Crippen molar-refractivity contribution < 1.29 is 29.0 Å². The van der Waals surface area contributed by atoms with E-state index in [1.54, 1.807) is 0 Å². The number of carbonyl (C=O) groups is 2. The Labute approximate surface area is 101 Å². The van der Waals surface area contributed by atoms with Gasteiger partial charge in [-0.05, 0) is 6.42 Å². The second kappa shape index (κ2) is 7.24. The predicted octanol–water partition coefficient (Wildman–Crippen LogP) is -0.148. The van der Waals surface area contributed by atoms with Gasteiger partial charge in [0.1, 0.15) is 12.6 Å². The van der Waals surface area contributed by atoms with Gasteiger partial charge in [0.2, 0.25) is 0 Å². The first kappa shape index (κ1) is 15.9. The van der Waals surface area contributed by atoms with Crippen LogP contribution in [0.1, 0.15) is 19.3 Å². The van der Waals surface area contributed by atoms with Crippen LogP contribution in [-0.2, 0) is 14.3 Å². The fraction of sp³-hybridized carbons (Fsp3) is 0.818. The number of rotatable bonds is 8. The highest BCUT2D eigenvalue weighted by Crippen LogP contribution is 2.01. The third-order valence-corrected chi connectivity index (χ3v) is 1.96. The number of ether oxygens (including phenoxy) is 1. The van der Waals surface area contributed by atoms with Gasteiger partial charge < -0.3 is 19.4 Å². The molecule has 0 rings (SSSR count). The third kappa shape index (κ3) is 11.1. The van der Waals surface area contributed by atoms with Crippen molar-refractivity contribution in [2.75, 3.05) is 34.3 Å². The van der Waals surface area contributed by atoms with E-state index in [0.717, 1.165) is 0 Å². The summed E-state index contributed by atoms with van der Waals surface area (Å²) < 4.78 is 5.37. The zero-order chi connectivity index (χ0) is 13.5. The zero-order valence-electron chi connectivity index (χ0n) is 10.7. The van der Waals surface area contributed by atoms with Crippen molar-refractivity contribution in [3.05, 3.63) is 0 Å². The van der Waals surface area contributed by atoms with Crippen LogP contribution in [-0.4, -0.2) is 67.0 Å². The molecule has 0 bridgehead atoms. The number of hydrogen-bond acceptors (Lipinski definition) is 4.